The number of para-hydroxylation sites is 1. The lowest BCUT2D eigenvalue weighted by atomic mass is 10.2. The van der Waals surface area contributed by atoms with Crippen molar-refractivity contribution >= 4 is 11.6 Å². The number of rotatable bonds is 6. The molecule has 1 aromatic rings. The Labute approximate surface area is 97.2 Å². The molecule has 1 amide bonds. The number of hydrogen-bond acceptors (Lipinski definition) is 2. The van der Waals surface area contributed by atoms with Gasteiger partial charge in [-0.1, -0.05) is 25.1 Å². The van der Waals surface area contributed by atoms with Crippen molar-refractivity contribution in [1.29, 1.82) is 0 Å². The highest BCUT2D eigenvalue weighted by molar-refractivity contribution is 5.90. The van der Waals surface area contributed by atoms with Crippen molar-refractivity contribution < 1.29 is 4.79 Å². The molecule has 0 bridgehead atoms. The van der Waals surface area contributed by atoms with Crippen LogP contribution >= 0.6 is 0 Å². The maximum Gasteiger partial charge on any atom is 0.225 e. The molecule has 3 heteroatoms. The summed E-state index contributed by atoms with van der Waals surface area (Å²) in [4.78, 5) is 11.6. The largest absolute Gasteiger partial charge is 0.326 e. The van der Waals surface area contributed by atoms with Crippen LogP contribution in [-0.2, 0) is 4.79 Å². The highest BCUT2D eigenvalue weighted by Gasteiger charge is 2.07. The van der Waals surface area contributed by atoms with Crippen molar-refractivity contribution in [2.24, 2.45) is 0 Å². The van der Waals surface area contributed by atoms with Crippen molar-refractivity contribution in [2.45, 2.75) is 32.7 Å². The first kappa shape index (κ1) is 12.7. The van der Waals surface area contributed by atoms with Crippen molar-refractivity contribution in [3.63, 3.8) is 0 Å². The van der Waals surface area contributed by atoms with Crippen molar-refractivity contribution in [1.82, 2.24) is 5.32 Å². The summed E-state index contributed by atoms with van der Waals surface area (Å²) >= 11 is 0. The van der Waals surface area contributed by atoms with E-state index in [2.05, 4.69) is 17.6 Å². The molecule has 0 radical (unpaired) electrons. The number of carbonyl (C=O) groups is 1. The fourth-order valence-electron chi connectivity index (χ4n) is 1.47. The van der Waals surface area contributed by atoms with E-state index in [0.29, 0.717) is 6.42 Å². The molecule has 88 valence electrons. The standard InChI is InChI=1S/C13H20N2O/c1-3-9-14-11(2)10-13(16)15-12-7-5-4-6-8-12/h4-8,11,14H,3,9-10H2,1-2H3,(H,15,16)/t11-/m0/s1. The lowest BCUT2D eigenvalue weighted by Crippen LogP contribution is -2.31. The van der Waals surface area contributed by atoms with E-state index in [4.69, 9.17) is 0 Å². The fraction of sp³-hybridized carbons (Fsp3) is 0.462. The summed E-state index contributed by atoms with van der Waals surface area (Å²) in [5.41, 5.74) is 0.857. The zero-order valence-corrected chi connectivity index (χ0v) is 9.99. The molecular formula is C13H20N2O. The smallest absolute Gasteiger partial charge is 0.225 e. The zero-order valence-electron chi connectivity index (χ0n) is 9.99. The molecule has 0 aliphatic rings. The first-order valence-electron chi connectivity index (χ1n) is 5.80. The van der Waals surface area contributed by atoms with Crippen molar-refractivity contribution in [3.05, 3.63) is 30.3 Å². The summed E-state index contributed by atoms with van der Waals surface area (Å²) in [6.45, 7) is 5.10. The van der Waals surface area contributed by atoms with Gasteiger partial charge in [-0.15, -0.1) is 0 Å². The van der Waals surface area contributed by atoms with E-state index in [9.17, 15) is 4.79 Å². The Morgan fingerprint density at radius 2 is 2.00 bits per heavy atom. The zero-order chi connectivity index (χ0) is 11.8. The van der Waals surface area contributed by atoms with Crippen molar-refractivity contribution in [2.75, 3.05) is 11.9 Å². The van der Waals surface area contributed by atoms with Gasteiger partial charge in [-0.3, -0.25) is 4.79 Å². The van der Waals surface area contributed by atoms with E-state index in [1.54, 1.807) is 0 Å². The van der Waals surface area contributed by atoms with Crippen LogP contribution in [-0.4, -0.2) is 18.5 Å². The second-order valence-corrected chi connectivity index (χ2v) is 3.97. The Morgan fingerprint density at radius 1 is 1.31 bits per heavy atom. The number of anilines is 1. The lowest BCUT2D eigenvalue weighted by molar-refractivity contribution is -0.116. The van der Waals surface area contributed by atoms with Gasteiger partial charge in [0.2, 0.25) is 5.91 Å². The summed E-state index contributed by atoms with van der Waals surface area (Å²) in [6, 6.07) is 9.76. The average Bonchev–Trinajstić information content (AvgIpc) is 2.27. The van der Waals surface area contributed by atoms with E-state index >= 15 is 0 Å². The molecule has 16 heavy (non-hydrogen) atoms. The van der Waals surface area contributed by atoms with E-state index in [-0.39, 0.29) is 11.9 Å². The summed E-state index contributed by atoms with van der Waals surface area (Å²) in [6.07, 6.45) is 1.60. The normalized spacial score (nSPS) is 12.1. The minimum absolute atomic E-state index is 0.0577. The van der Waals surface area contributed by atoms with Crippen LogP contribution in [0.1, 0.15) is 26.7 Å². The van der Waals surface area contributed by atoms with Crippen LogP contribution in [0.5, 0.6) is 0 Å². The van der Waals surface area contributed by atoms with Gasteiger partial charge in [-0.2, -0.15) is 0 Å². The molecule has 0 aliphatic carbocycles. The number of amides is 1. The lowest BCUT2D eigenvalue weighted by Gasteiger charge is -2.12. The maximum atomic E-state index is 11.6. The van der Waals surface area contributed by atoms with E-state index in [1.807, 2.05) is 37.3 Å². The van der Waals surface area contributed by atoms with Crippen LogP contribution in [0.2, 0.25) is 0 Å². The summed E-state index contributed by atoms with van der Waals surface area (Å²) in [5, 5.41) is 6.16. The van der Waals surface area contributed by atoms with E-state index < -0.39 is 0 Å². The second kappa shape index (κ2) is 7.01. The summed E-state index contributed by atoms with van der Waals surface area (Å²) < 4.78 is 0. The van der Waals surface area contributed by atoms with Crippen LogP contribution in [0.25, 0.3) is 0 Å². The number of carbonyl (C=O) groups excluding carboxylic acids is 1. The quantitative estimate of drug-likeness (QED) is 0.773. The number of hydrogen-bond donors (Lipinski definition) is 2. The highest BCUT2D eigenvalue weighted by atomic mass is 16.1. The first-order valence-corrected chi connectivity index (χ1v) is 5.80. The Balaban J connectivity index is 2.31. The Bertz CT molecular complexity index is 311. The molecule has 2 N–H and O–H groups in total. The fourth-order valence-corrected chi connectivity index (χ4v) is 1.47. The van der Waals surface area contributed by atoms with Gasteiger partial charge >= 0.3 is 0 Å². The van der Waals surface area contributed by atoms with Gasteiger partial charge in [0, 0.05) is 18.2 Å². The molecule has 0 saturated heterocycles. The van der Waals surface area contributed by atoms with Gasteiger partial charge in [0.25, 0.3) is 0 Å². The third-order valence-corrected chi connectivity index (χ3v) is 2.29. The third kappa shape index (κ3) is 4.94. The van der Waals surface area contributed by atoms with Gasteiger partial charge in [0.05, 0.1) is 0 Å². The first-order chi connectivity index (χ1) is 7.72. The van der Waals surface area contributed by atoms with Gasteiger partial charge in [0.1, 0.15) is 0 Å². The van der Waals surface area contributed by atoms with Crippen LogP contribution in [0.15, 0.2) is 30.3 Å². The van der Waals surface area contributed by atoms with Gasteiger partial charge in [-0.25, -0.2) is 0 Å². The molecule has 0 saturated carbocycles. The molecule has 0 unspecified atom stereocenters. The molecule has 1 rings (SSSR count). The molecular weight excluding hydrogens is 200 g/mol. The predicted molar refractivity (Wildman–Crippen MR) is 67.4 cm³/mol. The number of nitrogens with one attached hydrogen (secondary N) is 2. The molecule has 0 spiro atoms. The predicted octanol–water partition coefficient (Wildman–Crippen LogP) is 2.40. The molecule has 1 aromatic carbocycles. The average molecular weight is 220 g/mol. The van der Waals surface area contributed by atoms with E-state index in [0.717, 1.165) is 18.7 Å². The molecule has 0 heterocycles. The van der Waals surface area contributed by atoms with Crippen LogP contribution in [0, 0.1) is 0 Å². The topological polar surface area (TPSA) is 41.1 Å². The Hall–Kier alpha value is -1.35. The molecule has 0 aromatic heterocycles. The Morgan fingerprint density at radius 3 is 2.62 bits per heavy atom. The van der Waals surface area contributed by atoms with Gasteiger partial charge < -0.3 is 10.6 Å². The molecule has 3 nitrogen and oxygen atoms in total. The highest BCUT2D eigenvalue weighted by Crippen LogP contribution is 2.06. The Kier molecular flexibility index (Phi) is 5.57. The minimum atomic E-state index is 0.0577. The molecule has 1 atom stereocenters. The monoisotopic (exact) mass is 220 g/mol. The van der Waals surface area contributed by atoms with Crippen molar-refractivity contribution in [3.8, 4) is 0 Å². The maximum absolute atomic E-state index is 11.6. The third-order valence-electron chi connectivity index (χ3n) is 2.29. The molecule has 0 fully saturated rings. The van der Waals surface area contributed by atoms with E-state index in [1.165, 1.54) is 0 Å². The SMILES string of the molecule is CCCN[C@@H](C)CC(=O)Nc1ccccc1. The summed E-state index contributed by atoms with van der Waals surface area (Å²) in [5.74, 6) is 0.0577. The molecule has 0 aliphatic heterocycles. The van der Waals surface area contributed by atoms with Crippen LogP contribution in [0.4, 0.5) is 5.69 Å². The second-order valence-electron chi connectivity index (χ2n) is 3.97. The summed E-state index contributed by atoms with van der Waals surface area (Å²) in [7, 11) is 0. The van der Waals surface area contributed by atoms with Gasteiger partial charge in [0.15, 0.2) is 0 Å². The number of benzene rings is 1. The van der Waals surface area contributed by atoms with Crippen LogP contribution in [0.3, 0.4) is 0 Å². The van der Waals surface area contributed by atoms with Gasteiger partial charge in [-0.05, 0) is 32.0 Å². The van der Waals surface area contributed by atoms with Crippen LogP contribution < -0.4 is 10.6 Å². The minimum Gasteiger partial charge on any atom is -0.326 e.